The van der Waals surface area contributed by atoms with Crippen LogP contribution in [0.5, 0.6) is 0 Å². The molecule has 0 bridgehead atoms. The van der Waals surface area contributed by atoms with Gasteiger partial charge in [-0.2, -0.15) is 0 Å². The molecule has 1 heterocycles. The van der Waals surface area contributed by atoms with E-state index in [0.717, 1.165) is 16.7 Å². The smallest absolute Gasteiger partial charge is 0.335 e. The lowest BCUT2D eigenvalue weighted by molar-refractivity contribution is -0.171. The largest absolute Gasteiger partial charge is 0.478 e. The van der Waals surface area contributed by atoms with Gasteiger partial charge >= 0.3 is 5.97 Å². The highest BCUT2D eigenvalue weighted by Crippen LogP contribution is 2.42. The minimum atomic E-state index is -0.975. The summed E-state index contributed by atoms with van der Waals surface area (Å²) in [5.74, 6) is -1.11. The second-order valence-electron chi connectivity index (χ2n) is 8.20. The van der Waals surface area contributed by atoms with Crippen LogP contribution in [0.4, 0.5) is 0 Å². The highest BCUT2D eigenvalue weighted by atomic mass is 35.5. The summed E-state index contributed by atoms with van der Waals surface area (Å²) in [6, 6.07) is 19.6. The Morgan fingerprint density at radius 2 is 1.55 bits per heavy atom. The number of aromatic carboxylic acids is 1. The van der Waals surface area contributed by atoms with Crippen LogP contribution in [0.1, 0.15) is 44.8 Å². The number of nitrogens with zero attached hydrogens (tertiary/aromatic N) is 1. The summed E-state index contributed by atoms with van der Waals surface area (Å²) in [5.41, 5.74) is 3.54. The van der Waals surface area contributed by atoms with Gasteiger partial charge in [0, 0.05) is 23.5 Å². The zero-order valence-electron chi connectivity index (χ0n) is 18.2. The maximum absolute atomic E-state index is 13.3. The number of benzene rings is 3. The van der Waals surface area contributed by atoms with E-state index in [9.17, 15) is 14.7 Å². The van der Waals surface area contributed by atoms with Gasteiger partial charge in [-0.1, -0.05) is 59.6 Å². The van der Waals surface area contributed by atoms with Crippen LogP contribution in [-0.2, 0) is 16.0 Å². The Hall–Kier alpha value is -2.86. The van der Waals surface area contributed by atoms with Crippen LogP contribution >= 0.6 is 23.2 Å². The number of hydrogen-bond acceptors (Lipinski definition) is 3. The second-order valence-corrected chi connectivity index (χ2v) is 9.07. The van der Waals surface area contributed by atoms with Crippen molar-refractivity contribution < 1.29 is 19.4 Å². The molecule has 7 heteroatoms. The average molecular weight is 484 g/mol. The highest BCUT2D eigenvalue weighted by molar-refractivity contribution is 6.30. The number of carboxylic acids is 1. The normalized spacial score (nSPS) is 20.7. The predicted molar refractivity (Wildman–Crippen MR) is 128 cm³/mol. The topological polar surface area (TPSA) is 66.8 Å². The molecular weight excluding hydrogens is 461 g/mol. The predicted octanol–water partition coefficient (Wildman–Crippen LogP) is 5.88. The van der Waals surface area contributed by atoms with E-state index in [1.54, 1.807) is 61.3 Å². The number of ether oxygens (including phenoxy) is 1. The zero-order chi connectivity index (χ0) is 23.7. The number of rotatable bonds is 5. The number of carbonyl (C=O) groups is 2. The molecule has 1 aliphatic rings. The third-order valence-electron chi connectivity index (χ3n) is 5.99. The first-order valence-corrected chi connectivity index (χ1v) is 11.3. The zero-order valence-corrected chi connectivity index (χ0v) is 19.7. The first-order chi connectivity index (χ1) is 15.7. The van der Waals surface area contributed by atoms with Crippen LogP contribution in [0.15, 0.2) is 66.7 Å². The Kier molecular flexibility index (Phi) is 6.75. The quantitative estimate of drug-likeness (QED) is 0.491. The van der Waals surface area contributed by atoms with Gasteiger partial charge in [0.25, 0.3) is 5.91 Å². The Balaban J connectivity index is 1.68. The van der Waals surface area contributed by atoms with Gasteiger partial charge in [-0.3, -0.25) is 4.79 Å². The lowest BCUT2D eigenvalue weighted by Crippen LogP contribution is -2.49. The van der Waals surface area contributed by atoms with Crippen LogP contribution in [0.25, 0.3) is 0 Å². The van der Waals surface area contributed by atoms with Gasteiger partial charge in [-0.05, 0) is 59.5 Å². The Bertz CT molecular complexity index is 1180. The van der Waals surface area contributed by atoms with E-state index >= 15 is 0 Å². The number of likely N-dealkylation sites (N-methyl/N-ethyl adjacent to an activating group) is 1. The number of morpholine rings is 1. The Morgan fingerprint density at radius 1 is 0.970 bits per heavy atom. The van der Waals surface area contributed by atoms with E-state index in [2.05, 4.69) is 0 Å². The molecule has 1 aliphatic heterocycles. The number of carboxylic acid groups (broad SMARTS) is 1. The number of hydrogen-bond donors (Lipinski definition) is 1. The lowest BCUT2D eigenvalue weighted by Gasteiger charge is -2.43. The van der Waals surface area contributed by atoms with Crippen molar-refractivity contribution in [3.05, 3.63) is 105 Å². The van der Waals surface area contributed by atoms with Crippen molar-refractivity contribution in [1.82, 2.24) is 4.90 Å². The monoisotopic (exact) mass is 483 g/mol. The van der Waals surface area contributed by atoms with E-state index in [4.69, 9.17) is 27.9 Å². The molecule has 33 heavy (non-hydrogen) atoms. The molecule has 0 spiro atoms. The first-order valence-electron chi connectivity index (χ1n) is 10.5. The van der Waals surface area contributed by atoms with Crippen molar-refractivity contribution in [1.29, 1.82) is 0 Å². The molecule has 1 saturated heterocycles. The lowest BCUT2D eigenvalue weighted by atomic mass is 9.91. The molecule has 3 aromatic rings. The third kappa shape index (κ3) is 4.91. The van der Waals surface area contributed by atoms with Crippen molar-refractivity contribution in [3.8, 4) is 0 Å². The Morgan fingerprint density at radius 3 is 2.09 bits per heavy atom. The molecule has 1 N–H and O–H groups in total. The molecule has 0 aromatic heterocycles. The van der Waals surface area contributed by atoms with Crippen LogP contribution in [0.2, 0.25) is 10.0 Å². The van der Waals surface area contributed by atoms with Gasteiger partial charge in [-0.25, -0.2) is 4.79 Å². The van der Waals surface area contributed by atoms with Gasteiger partial charge in [0.05, 0.1) is 11.6 Å². The Labute approximate surface area is 202 Å². The van der Waals surface area contributed by atoms with E-state index in [0.29, 0.717) is 22.0 Å². The summed E-state index contributed by atoms with van der Waals surface area (Å²) in [4.78, 5) is 26.4. The van der Waals surface area contributed by atoms with Crippen LogP contribution in [-0.4, -0.2) is 35.0 Å². The van der Waals surface area contributed by atoms with Gasteiger partial charge in [0.1, 0.15) is 12.2 Å². The van der Waals surface area contributed by atoms with Crippen molar-refractivity contribution in [2.45, 2.75) is 31.6 Å². The van der Waals surface area contributed by atoms with E-state index in [1.807, 2.05) is 24.3 Å². The molecule has 3 aromatic carbocycles. The number of amides is 1. The summed E-state index contributed by atoms with van der Waals surface area (Å²) in [7, 11) is 1.78. The fourth-order valence-electron chi connectivity index (χ4n) is 4.29. The molecule has 4 rings (SSSR count). The molecule has 0 unspecified atom stereocenters. The first kappa shape index (κ1) is 23.3. The molecule has 170 valence electrons. The molecule has 5 nitrogen and oxygen atoms in total. The standard InChI is InChI=1S/C26H23Cl2NO4/c1-15-13-16(3-12-21(15)26(31)32)14-22-25(30)29(2)23(17-4-8-19(27)9-5-17)24(33-22)18-6-10-20(28)11-7-18/h3-13,22-24H,14H2,1-2H3,(H,31,32)/t22-,23+,24-/m1/s1. The summed E-state index contributed by atoms with van der Waals surface area (Å²) in [6.07, 6.45) is -0.800. The second kappa shape index (κ2) is 9.56. The summed E-state index contributed by atoms with van der Waals surface area (Å²) >= 11 is 12.2. The molecule has 0 saturated carbocycles. The average Bonchev–Trinajstić information content (AvgIpc) is 2.78. The minimum absolute atomic E-state index is 0.139. The number of carbonyl (C=O) groups excluding carboxylic acids is 1. The molecule has 1 amide bonds. The number of halogens is 2. The minimum Gasteiger partial charge on any atom is -0.478 e. The number of aryl methyl sites for hydroxylation is 1. The molecule has 0 aliphatic carbocycles. The molecule has 0 radical (unpaired) electrons. The maximum Gasteiger partial charge on any atom is 0.335 e. The van der Waals surface area contributed by atoms with Crippen molar-refractivity contribution >= 4 is 35.1 Å². The van der Waals surface area contributed by atoms with Crippen molar-refractivity contribution in [2.75, 3.05) is 7.05 Å². The van der Waals surface area contributed by atoms with Gasteiger partial charge < -0.3 is 14.7 Å². The fourth-order valence-corrected chi connectivity index (χ4v) is 4.54. The molecule has 3 atom stereocenters. The summed E-state index contributed by atoms with van der Waals surface area (Å²) in [6.45, 7) is 1.75. The van der Waals surface area contributed by atoms with Crippen LogP contribution in [0, 0.1) is 6.92 Å². The van der Waals surface area contributed by atoms with Crippen molar-refractivity contribution in [3.63, 3.8) is 0 Å². The molecular formula is C26H23Cl2NO4. The van der Waals surface area contributed by atoms with E-state index in [1.165, 1.54) is 0 Å². The van der Waals surface area contributed by atoms with Gasteiger partial charge in [0.15, 0.2) is 0 Å². The fraction of sp³-hybridized carbons (Fsp3) is 0.231. The summed E-state index contributed by atoms with van der Waals surface area (Å²) < 4.78 is 6.43. The van der Waals surface area contributed by atoms with E-state index < -0.39 is 18.2 Å². The van der Waals surface area contributed by atoms with Crippen LogP contribution in [0.3, 0.4) is 0 Å². The van der Waals surface area contributed by atoms with Crippen molar-refractivity contribution in [2.24, 2.45) is 0 Å². The van der Waals surface area contributed by atoms with Gasteiger partial charge in [-0.15, -0.1) is 0 Å². The maximum atomic E-state index is 13.3. The van der Waals surface area contributed by atoms with Crippen LogP contribution < -0.4 is 0 Å². The highest BCUT2D eigenvalue weighted by Gasteiger charge is 2.42. The summed E-state index contributed by atoms with van der Waals surface area (Å²) in [5, 5.41) is 10.5. The third-order valence-corrected chi connectivity index (χ3v) is 6.49. The molecule has 1 fully saturated rings. The van der Waals surface area contributed by atoms with Gasteiger partial charge in [0.2, 0.25) is 0 Å². The SMILES string of the molecule is Cc1cc(C[C@H]2O[C@H](c3ccc(Cl)cc3)[C@H](c3ccc(Cl)cc3)N(C)C2=O)ccc1C(=O)O. The van der Waals surface area contributed by atoms with E-state index in [-0.39, 0.29) is 17.5 Å².